The third-order valence-corrected chi connectivity index (χ3v) is 6.63. The predicted molar refractivity (Wildman–Crippen MR) is 110 cm³/mol. The van der Waals surface area contributed by atoms with Crippen LogP contribution < -0.4 is 10.6 Å². The monoisotopic (exact) mass is 396 g/mol. The van der Waals surface area contributed by atoms with Crippen LogP contribution in [0.1, 0.15) is 32.1 Å². The first-order chi connectivity index (χ1) is 14.1. The SMILES string of the molecule is NC(=O)C1(N2CCCCC2)CCN(c2ncnc3c2[nH]c2ccc(F)cc23)CC1. The van der Waals surface area contributed by atoms with Gasteiger partial charge in [-0.25, -0.2) is 14.4 Å². The maximum atomic E-state index is 13.7. The number of halogens is 1. The highest BCUT2D eigenvalue weighted by Crippen LogP contribution is 2.35. The van der Waals surface area contributed by atoms with Gasteiger partial charge in [-0.3, -0.25) is 9.69 Å². The number of hydrogen-bond donors (Lipinski definition) is 2. The molecule has 2 saturated heterocycles. The molecule has 3 aromatic rings. The fourth-order valence-electron chi connectivity index (χ4n) is 5.02. The van der Waals surface area contributed by atoms with Crippen LogP contribution in [0.2, 0.25) is 0 Å². The number of rotatable bonds is 3. The van der Waals surface area contributed by atoms with Crippen molar-refractivity contribution in [1.29, 1.82) is 0 Å². The number of benzene rings is 1. The van der Waals surface area contributed by atoms with Gasteiger partial charge >= 0.3 is 0 Å². The van der Waals surface area contributed by atoms with E-state index < -0.39 is 5.54 Å². The van der Waals surface area contributed by atoms with Gasteiger partial charge in [-0.2, -0.15) is 0 Å². The molecule has 152 valence electrons. The van der Waals surface area contributed by atoms with E-state index in [1.165, 1.54) is 24.9 Å². The van der Waals surface area contributed by atoms with Crippen molar-refractivity contribution in [3.8, 4) is 0 Å². The van der Waals surface area contributed by atoms with E-state index in [0.29, 0.717) is 31.4 Å². The average molecular weight is 396 g/mol. The summed E-state index contributed by atoms with van der Waals surface area (Å²) in [5.74, 6) is 0.292. The van der Waals surface area contributed by atoms with Gasteiger partial charge in [0.25, 0.3) is 0 Å². The molecule has 2 aliphatic heterocycles. The molecule has 29 heavy (non-hydrogen) atoms. The molecule has 0 radical (unpaired) electrons. The number of carbonyl (C=O) groups excluding carboxylic acids is 1. The Kier molecular flexibility index (Phi) is 4.38. The van der Waals surface area contributed by atoms with Gasteiger partial charge < -0.3 is 15.6 Å². The summed E-state index contributed by atoms with van der Waals surface area (Å²) in [5.41, 5.74) is 7.70. The molecule has 0 atom stereocenters. The van der Waals surface area contributed by atoms with Crippen LogP contribution >= 0.6 is 0 Å². The standard InChI is InChI=1S/C21H25FN6O/c22-14-4-5-16-15(12-14)17-18(26-16)19(25-13-24-17)27-10-6-21(7-11-27,20(23)29)28-8-2-1-3-9-28/h4-5,12-13,26H,1-3,6-11H2,(H2,23,29). The molecule has 4 heterocycles. The van der Waals surface area contributed by atoms with Crippen molar-refractivity contribution in [1.82, 2.24) is 19.9 Å². The molecule has 1 aromatic carbocycles. The first-order valence-electron chi connectivity index (χ1n) is 10.3. The van der Waals surface area contributed by atoms with E-state index in [9.17, 15) is 9.18 Å². The summed E-state index contributed by atoms with van der Waals surface area (Å²) in [6.45, 7) is 3.26. The third-order valence-electron chi connectivity index (χ3n) is 6.63. The zero-order valence-electron chi connectivity index (χ0n) is 16.3. The van der Waals surface area contributed by atoms with Crippen LogP contribution in [0.25, 0.3) is 21.9 Å². The predicted octanol–water partition coefficient (Wildman–Crippen LogP) is 2.56. The van der Waals surface area contributed by atoms with Crippen LogP contribution in [-0.4, -0.2) is 57.5 Å². The largest absolute Gasteiger partial charge is 0.368 e. The van der Waals surface area contributed by atoms with Crippen molar-refractivity contribution in [2.24, 2.45) is 5.73 Å². The van der Waals surface area contributed by atoms with E-state index >= 15 is 0 Å². The summed E-state index contributed by atoms with van der Waals surface area (Å²) in [4.78, 5) is 29.2. The van der Waals surface area contributed by atoms with Crippen molar-refractivity contribution >= 4 is 33.7 Å². The summed E-state index contributed by atoms with van der Waals surface area (Å²) in [5, 5.41) is 0.750. The Morgan fingerprint density at radius 3 is 2.59 bits per heavy atom. The molecule has 2 aromatic heterocycles. The number of amides is 1. The van der Waals surface area contributed by atoms with E-state index in [1.54, 1.807) is 6.07 Å². The van der Waals surface area contributed by atoms with Gasteiger partial charge in [0.1, 0.15) is 28.7 Å². The van der Waals surface area contributed by atoms with Crippen LogP contribution in [0.3, 0.4) is 0 Å². The Balaban J connectivity index is 1.46. The van der Waals surface area contributed by atoms with Crippen molar-refractivity contribution in [2.45, 2.75) is 37.6 Å². The van der Waals surface area contributed by atoms with Gasteiger partial charge in [0.15, 0.2) is 5.82 Å². The molecule has 7 nitrogen and oxygen atoms in total. The lowest BCUT2D eigenvalue weighted by molar-refractivity contribution is -0.132. The number of H-pyrrole nitrogens is 1. The van der Waals surface area contributed by atoms with E-state index in [2.05, 4.69) is 24.8 Å². The second-order valence-electron chi connectivity index (χ2n) is 8.17. The quantitative estimate of drug-likeness (QED) is 0.710. The highest BCUT2D eigenvalue weighted by molar-refractivity contribution is 6.08. The maximum Gasteiger partial charge on any atom is 0.238 e. The van der Waals surface area contributed by atoms with E-state index in [1.807, 2.05) is 0 Å². The summed E-state index contributed by atoms with van der Waals surface area (Å²) in [6, 6.07) is 4.65. The van der Waals surface area contributed by atoms with Crippen molar-refractivity contribution in [2.75, 3.05) is 31.1 Å². The zero-order chi connectivity index (χ0) is 20.0. The molecule has 2 fully saturated rings. The first-order valence-corrected chi connectivity index (χ1v) is 10.3. The fraction of sp³-hybridized carbons (Fsp3) is 0.476. The van der Waals surface area contributed by atoms with E-state index in [0.717, 1.165) is 48.2 Å². The summed E-state index contributed by atoms with van der Waals surface area (Å²) >= 11 is 0. The Morgan fingerprint density at radius 2 is 1.86 bits per heavy atom. The second-order valence-corrected chi connectivity index (χ2v) is 8.17. The normalized spacial score (nSPS) is 20.4. The summed E-state index contributed by atoms with van der Waals surface area (Å²) < 4.78 is 13.7. The molecule has 0 aliphatic carbocycles. The van der Waals surface area contributed by atoms with Crippen molar-refractivity contribution in [3.05, 3.63) is 30.3 Å². The Bertz CT molecular complexity index is 1070. The Morgan fingerprint density at radius 1 is 1.10 bits per heavy atom. The molecule has 0 saturated carbocycles. The molecule has 5 rings (SSSR count). The number of fused-ring (bicyclic) bond motifs is 3. The first kappa shape index (κ1) is 18.3. The molecule has 3 N–H and O–H groups in total. The van der Waals surface area contributed by atoms with Gasteiger partial charge in [-0.15, -0.1) is 0 Å². The number of likely N-dealkylation sites (tertiary alicyclic amines) is 1. The number of carbonyl (C=O) groups is 1. The number of piperidine rings is 2. The number of hydrogen-bond acceptors (Lipinski definition) is 5. The molecular weight excluding hydrogens is 371 g/mol. The molecular formula is C21H25FN6O. The zero-order valence-corrected chi connectivity index (χ0v) is 16.3. The van der Waals surface area contributed by atoms with Crippen LogP contribution in [-0.2, 0) is 4.79 Å². The number of nitrogens with zero attached hydrogens (tertiary/aromatic N) is 4. The minimum absolute atomic E-state index is 0.215. The number of aromatic amines is 1. The minimum Gasteiger partial charge on any atom is -0.368 e. The van der Waals surface area contributed by atoms with E-state index in [-0.39, 0.29) is 11.7 Å². The molecule has 1 amide bonds. The number of nitrogens with one attached hydrogen (secondary N) is 1. The van der Waals surface area contributed by atoms with Gasteiger partial charge in [-0.1, -0.05) is 6.42 Å². The molecule has 0 unspecified atom stereocenters. The van der Waals surface area contributed by atoms with Crippen LogP contribution in [0.15, 0.2) is 24.5 Å². The molecule has 8 heteroatoms. The minimum atomic E-state index is -0.563. The maximum absolute atomic E-state index is 13.7. The molecule has 0 spiro atoms. The van der Waals surface area contributed by atoms with Crippen LogP contribution in [0, 0.1) is 5.82 Å². The smallest absolute Gasteiger partial charge is 0.238 e. The van der Waals surface area contributed by atoms with Crippen LogP contribution in [0.4, 0.5) is 10.2 Å². The highest BCUT2D eigenvalue weighted by atomic mass is 19.1. The molecule has 0 bridgehead atoms. The summed E-state index contributed by atoms with van der Waals surface area (Å²) in [7, 11) is 0. The summed E-state index contributed by atoms with van der Waals surface area (Å²) in [6.07, 6.45) is 6.35. The second kappa shape index (κ2) is 6.95. The Labute approximate surface area is 168 Å². The van der Waals surface area contributed by atoms with Crippen molar-refractivity contribution in [3.63, 3.8) is 0 Å². The number of primary amides is 1. The van der Waals surface area contributed by atoms with Crippen molar-refractivity contribution < 1.29 is 9.18 Å². The lowest BCUT2D eigenvalue weighted by atomic mass is 9.83. The molecule has 2 aliphatic rings. The highest BCUT2D eigenvalue weighted by Gasteiger charge is 2.45. The number of anilines is 1. The number of nitrogens with two attached hydrogens (primary N) is 1. The van der Waals surface area contributed by atoms with Crippen LogP contribution in [0.5, 0.6) is 0 Å². The topological polar surface area (TPSA) is 91.1 Å². The van der Waals surface area contributed by atoms with Gasteiger partial charge in [0.05, 0.1) is 0 Å². The Hall–Kier alpha value is -2.74. The lowest BCUT2D eigenvalue weighted by Gasteiger charge is -2.48. The van der Waals surface area contributed by atoms with Gasteiger partial charge in [0.2, 0.25) is 5.91 Å². The fourth-order valence-corrected chi connectivity index (χ4v) is 5.02. The average Bonchev–Trinajstić information content (AvgIpc) is 3.12. The van der Waals surface area contributed by atoms with E-state index in [4.69, 9.17) is 5.73 Å². The number of aromatic nitrogens is 3. The lowest BCUT2D eigenvalue weighted by Crippen LogP contribution is -2.63. The van der Waals surface area contributed by atoms with Gasteiger partial charge in [-0.05, 0) is 57.0 Å². The van der Waals surface area contributed by atoms with Gasteiger partial charge in [0, 0.05) is 24.0 Å². The third kappa shape index (κ3) is 2.93.